The van der Waals surface area contributed by atoms with Crippen molar-refractivity contribution in [1.82, 2.24) is 9.80 Å². The van der Waals surface area contributed by atoms with Crippen LogP contribution >= 0.6 is 11.6 Å². The van der Waals surface area contributed by atoms with Crippen LogP contribution in [-0.4, -0.2) is 80.5 Å². The highest BCUT2D eigenvalue weighted by molar-refractivity contribution is 6.34. The molecule has 8 nitrogen and oxygen atoms in total. The molecule has 3 saturated heterocycles. The van der Waals surface area contributed by atoms with Crippen molar-refractivity contribution in [2.75, 3.05) is 67.6 Å². The number of anilines is 3. The predicted octanol–water partition coefficient (Wildman–Crippen LogP) is 5.40. The fourth-order valence-corrected chi connectivity index (χ4v) is 6.89. The first-order valence-corrected chi connectivity index (χ1v) is 15.3. The maximum atomic E-state index is 13.8. The first-order valence-electron chi connectivity index (χ1n) is 14.9. The second-order valence-corrected chi connectivity index (χ2v) is 12.0. The van der Waals surface area contributed by atoms with Gasteiger partial charge in [0.1, 0.15) is 11.8 Å². The number of halogens is 1. The highest BCUT2D eigenvalue weighted by atomic mass is 35.5. The van der Waals surface area contributed by atoms with Crippen molar-refractivity contribution in [3.63, 3.8) is 0 Å². The summed E-state index contributed by atoms with van der Waals surface area (Å²) >= 11 is 6.68. The second kappa shape index (κ2) is 12.7. The summed E-state index contributed by atoms with van der Waals surface area (Å²) in [6.45, 7) is 8.46. The lowest BCUT2D eigenvalue weighted by molar-refractivity contribution is -0.119. The summed E-state index contributed by atoms with van der Waals surface area (Å²) in [7, 11) is 1.72. The highest BCUT2D eigenvalue weighted by Gasteiger charge is 2.43. The quantitative estimate of drug-likeness (QED) is 0.392. The van der Waals surface area contributed by atoms with Crippen LogP contribution in [0.2, 0.25) is 5.02 Å². The Hall–Kier alpha value is -3.28. The Morgan fingerprint density at radius 2 is 1.73 bits per heavy atom. The number of carbonyl (C=O) groups is 2. The summed E-state index contributed by atoms with van der Waals surface area (Å²) in [6, 6.07) is 16.7. The molecular formula is C32H41ClN6O2. The zero-order valence-electron chi connectivity index (χ0n) is 24.3. The third kappa shape index (κ3) is 6.17. The summed E-state index contributed by atoms with van der Waals surface area (Å²) in [6.07, 6.45) is 5.55. The molecule has 0 N–H and O–H groups in total. The van der Waals surface area contributed by atoms with Gasteiger partial charge in [-0.3, -0.25) is 9.80 Å². The number of carbonyl (C=O) groups excluding carboxylic acids is 2. The van der Waals surface area contributed by atoms with Crippen LogP contribution in [0.3, 0.4) is 0 Å². The topological polar surface area (TPSA) is 74.1 Å². The average Bonchev–Trinajstić information content (AvgIpc) is 3.71. The molecule has 41 heavy (non-hydrogen) atoms. The van der Waals surface area contributed by atoms with Crippen molar-refractivity contribution in [3.05, 3.63) is 53.1 Å². The monoisotopic (exact) mass is 576 g/mol. The first-order chi connectivity index (χ1) is 19.9. The van der Waals surface area contributed by atoms with Gasteiger partial charge in [0.2, 0.25) is 0 Å². The van der Waals surface area contributed by atoms with Crippen molar-refractivity contribution < 1.29 is 9.59 Å². The molecule has 2 aromatic carbocycles. The molecule has 1 unspecified atom stereocenters. The first kappa shape index (κ1) is 29.2. The Morgan fingerprint density at radius 3 is 2.32 bits per heavy atom. The van der Waals surface area contributed by atoms with Crippen LogP contribution in [0.4, 0.5) is 21.9 Å². The number of benzene rings is 2. The second-order valence-electron chi connectivity index (χ2n) is 11.6. The Morgan fingerprint density at radius 1 is 1.05 bits per heavy atom. The van der Waals surface area contributed by atoms with Gasteiger partial charge < -0.3 is 19.5 Å². The zero-order chi connectivity index (χ0) is 29.0. The summed E-state index contributed by atoms with van der Waals surface area (Å²) in [5.41, 5.74) is 3.28. The zero-order valence-corrected chi connectivity index (χ0v) is 25.0. The number of piperidine rings is 1. The molecule has 2 aromatic rings. The summed E-state index contributed by atoms with van der Waals surface area (Å²) in [4.78, 5) is 36.6. The third-order valence-electron chi connectivity index (χ3n) is 9.16. The minimum atomic E-state index is -0.843. The molecule has 5 rings (SSSR count). The Bertz CT molecular complexity index is 1260. The van der Waals surface area contributed by atoms with E-state index in [4.69, 9.17) is 11.6 Å². The number of likely N-dealkylation sites (N-methyl/N-ethyl adjacent to an activating group) is 1. The molecule has 1 atom stereocenters. The number of hydrogen-bond acceptors (Lipinski definition) is 6. The number of nitriles is 1. The van der Waals surface area contributed by atoms with E-state index in [0.29, 0.717) is 36.6 Å². The maximum Gasteiger partial charge on any atom is 0.325 e. The van der Waals surface area contributed by atoms with E-state index in [1.165, 1.54) is 24.1 Å². The molecule has 0 bridgehead atoms. The summed E-state index contributed by atoms with van der Waals surface area (Å²) < 4.78 is 0. The maximum absolute atomic E-state index is 13.8. The van der Waals surface area contributed by atoms with E-state index in [0.717, 1.165) is 57.7 Å². The number of aldehydes is 1. The molecule has 3 aliphatic heterocycles. The van der Waals surface area contributed by atoms with Crippen molar-refractivity contribution in [3.8, 4) is 6.07 Å². The molecule has 2 amide bonds. The van der Waals surface area contributed by atoms with Crippen molar-refractivity contribution in [1.29, 1.82) is 5.26 Å². The predicted molar refractivity (Wildman–Crippen MR) is 165 cm³/mol. The van der Waals surface area contributed by atoms with Crippen LogP contribution < -0.4 is 14.7 Å². The number of hydrogen-bond donors (Lipinski definition) is 0. The SMILES string of the molecule is CCN(C(=O)N(C)c1ccc(N2CCC(C#N)C2)cc1Cl)C1(C=O)CCN(Cc2ccc(N3CCCC3)cc2)CC1. The molecule has 218 valence electrons. The van der Waals surface area contributed by atoms with Crippen LogP contribution in [0.1, 0.15) is 44.6 Å². The Kier molecular flexibility index (Phi) is 9.06. The minimum absolute atomic E-state index is 0.0297. The van der Waals surface area contributed by atoms with Gasteiger partial charge in [-0.2, -0.15) is 5.26 Å². The van der Waals surface area contributed by atoms with Gasteiger partial charge in [-0.15, -0.1) is 0 Å². The van der Waals surface area contributed by atoms with E-state index < -0.39 is 5.54 Å². The van der Waals surface area contributed by atoms with E-state index in [9.17, 15) is 14.9 Å². The van der Waals surface area contributed by atoms with Crippen molar-refractivity contribution in [2.45, 2.75) is 51.1 Å². The smallest absolute Gasteiger partial charge is 0.325 e. The summed E-state index contributed by atoms with van der Waals surface area (Å²) in [5.74, 6) is 0.0297. The third-order valence-corrected chi connectivity index (χ3v) is 9.46. The largest absolute Gasteiger partial charge is 0.372 e. The highest BCUT2D eigenvalue weighted by Crippen LogP contribution is 2.35. The van der Waals surface area contributed by atoms with Gasteiger partial charge in [-0.25, -0.2) is 4.79 Å². The number of likely N-dealkylation sites (tertiary alicyclic amines) is 1. The van der Waals surface area contributed by atoms with Gasteiger partial charge in [0, 0.05) is 70.8 Å². The van der Waals surface area contributed by atoms with E-state index in [2.05, 4.69) is 45.0 Å². The van der Waals surface area contributed by atoms with Crippen LogP contribution in [0.5, 0.6) is 0 Å². The lowest BCUT2D eigenvalue weighted by Gasteiger charge is -2.46. The molecule has 0 radical (unpaired) electrons. The molecule has 0 aliphatic carbocycles. The van der Waals surface area contributed by atoms with Crippen LogP contribution in [0.25, 0.3) is 0 Å². The minimum Gasteiger partial charge on any atom is -0.372 e. The number of amides is 2. The Balaban J connectivity index is 1.21. The molecule has 3 aliphatic rings. The number of nitrogens with zero attached hydrogens (tertiary/aromatic N) is 6. The van der Waals surface area contributed by atoms with E-state index in [1.54, 1.807) is 16.8 Å². The normalized spacial score (nSPS) is 20.6. The number of rotatable bonds is 8. The fourth-order valence-electron chi connectivity index (χ4n) is 6.58. The van der Waals surface area contributed by atoms with Crippen molar-refractivity contribution in [2.24, 2.45) is 5.92 Å². The van der Waals surface area contributed by atoms with Gasteiger partial charge in [-0.05, 0) is 74.9 Å². The van der Waals surface area contributed by atoms with Gasteiger partial charge in [0.05, 0.1) is 22.7 Å². The molecule has 9 heteroatoms. The lowest BCUT2D eigenvalue weighted by atomic mass is 9.87. The van der Waals surface area contributed by atoms with Crippen LogP contribution in [0.15, 0.2) is 42.5 Å². The standard InChI is InChI=1S/C32H41ClN6O2/c1-3-39(31(41)35(2)30-11-10-28(20-29(30)33)38-17-12-26(21-34)23-38)32(24-40)13-18-36(19-14-32)22-25-6-8-27(9-7-25)37-15-4-5-16-37/h6-11,20,24,26H,3-5,12-19,22-23H2,1-2H3. The van der Waals surface area contributed by atoms with E-state index in [1.807, 2.05) is 25.1 Å². The van der Waals surface area contributed by atoms with E-state index in [-0.39, 0.29) is 11.9 Å². The van der Waals surface area contributed by atoms with Gasteiger partial charge in [0.25, 0.3) is 0 Å². The van der Waals surface area contributed by atoms with Gasteiger partial charge in [0.15, 0.2) is 0 Å². The van der Waals surface area contributed by atoms with Crippen LogP contribution in [0, 0.1) is 17.2 Å². The van der Waals surface area contributed by atoms with Gasteiger partial charge >= 0.3 is 6.03 Å². The molecule has 3 heterocycles. The van der Waals surface area contributed by atoms with Gasteiger partial charge in [-0.1, -0.05) is 23.7 Å². The lowest BCUT2D eigenvalue weighted by Crippen LogP contribution is -2.60. The number of urea groups is 1. The molecule has 0 aromatic heterocycles. The fraction of sp³-hybridized carbons (Fsp3) is 0.531. The molecular weight excluding hydrogens is 536 g/mol. The molecule has 3 fully saturated rings. The molecule has 0 saturated carbocycles. The van der Waals surface area contributed by atoms with Crippen LogP contribution in [-0.2, 0) is 11.3 Å². The Labute approximate surface area is 249 Å². The van der Waals surface area contributed by atoms with Crippen molar-refractivity contribution >= 4 is 41.0 Å². The average molecular weight is 577 g/mol. The summed E-state index contributed by atoms with van der Waals surface area (Å²) in [5, 5.41) is 9.70. The molecule has 0 spiro atoms. The van der Waals surface area contributed by atoms with E-state index >= 15 is 0 Å².